The number of fused-ring (bicyclic) bond motifs is 6. The molecule has 0 radical (unpaired) electrons. The Labute approximate surface area is 333 Å². The van der Waals surface area contributed by atoms with Gasteiger partial charge in [-0.05, 0) is 115 Å². The van der Waals surface area contributed by atoms with E-state index in [2.05, 4.69) is 80.7 Å². The van der Waals surface area contributed by atoms with Crippen molar-refractivity contribution in [2.75, 3.05) is 7.11 Å². The van der Waals surface area contributed by atoms with Gasteiger partial charge in [-0.25, -0.2) is 13.2 Å². The van der Waals surface area contributed by atoms with Crippen LogP contribution in [0.5, 0.6) is 11.5 Å². The van der Waals surface area contributed by atoms with E-state index in [1.807, 2.05) is 36.4 Å². The summed E-state index contributed by atoms with van der Waals surface area (Å²) in [6.45, 7) is 12.1. The lowest BCUT2D eigenvalue weighted by Crippen LogP contribution is -2.30. The fourth-order valence-electron chi connectivity index (χ4n) is 7.35. The van der Waals surface area contributed by atoms with Crippen molar-refractivity contribution in [1.82, 2.24) is 0 Å². The molecule has 2 aliphatic carbocycles. The van der Waals surface area contributed by atoms with Gasteiger partial charge in [-0.3, -0.25) is 0 Å². The molecule has 0 aliphatic heterocycles. The number of halogens is 5. The molecule has 0 unspecified atom stereocenters. The molecule has 0 saturated heterocycles. The molecule has 2 N–H and O–H groups in total. The first-order valence-corrected chi connectivity index (χ1v) is 18.6. The van der Waals surface area contributed by atoms with Gasteiger partial charge in [0.05, 0.1) is 17.0 Å². The minimum Gasteiger partial charge on any atom is -0.496 e. The average Bonchev–Trinajstić information content (AvgIpc) is 3.52. The van der Waals surface area contributed by atoms with Gasteiger partial charge in [0, 0.05) is 38.1 Å². The Hall–Kier alpha value is -4.31. The molecule has 0 spiro atoms. The summed E-state index contributed by atoms with van der Waals surface area (Å²) >= 11 is 14.6. The molecule has 4 nitrogen and oxygen atoms in total. The minimum atomic E-state index is -1.58. The third-order valence-corrected chi connectivity index (χ3v) is 11.2. The molecule has 0 amide bonds. The van der Waals surface area contributed by atoms with Crippen LogP contribution in [0.4, 0.5) is 8.78 Å². The summed E-state index contributed by atoms with van der Waals surface area (Å²) in [5.41, 5.74) is 10.5. The molecule has 0 heterocycles. The van der Waals surface area contributed by atoms with Gasteiger partial charge in [0.15, 0.2) is 0 Å². The largest absolute Gasteiger partial charge is 0.498 e. The van der Waals surface area contributed by atoms with E-state index in [0.29, 0.717) is 42.6 Å². The topological polar surface area (TPSA) is 61.0 Å². The van der Waals surface area contributed by atoms with Crippen LogP contribution in [0.3, 0.4) is 0 Å². The highest BCUT2D eigenvalue weighted by atomic mass is 79.9. The molecule has 0 bridgehead atoms. The Kier molecular flexibility index (Phi) is 11.3. The highest BCUT2D eigenvalue weighted by Crippen LogP contribution is 2.52. The molecule has 8 rings (SSSR count). The fourth-order valence-corrected chi connectivity index (χ4v) is 8.21. The number of hydrogen-bond acceptors (Lipinski definition) is 3. The van der Waals surface area contributed by atoms with E-state index in [9.17, 15) is 18.8 Å². The Morgan fingerprint density at radius 3 is 1.67 bits per heavy atom. The SMILES string of the molecule is C=[O+]c1cc2c(cc1B(O)O)-c1ccccc1C2(C)C.COc1cc2c(cc1-c1cc(Cl)ccc1F)-c1ccccc1C2(C)C.Fc1ccc(Cl)cc1Br. The van der Waals surface area contributed by atoms with E-state index in [4.69, 9.17) is 32.4 Å². The molecule has 6 aromatic rings. The first-order valence-electron chi connectivity index (χ1n) is 17.0. The van der Waals surface area contributed by atoms with Crippen molar-refractivity contribution >= 4 is 58.5 Å². The lowest BCUT2D eigenvalue weighted by molar-refractivity contribution is -0.353. The van der Waals surface area contributed by atoms with Crippen LogP contribution >= 0.6 is 39.1 Å². The van der Waals surface area contributed by atoms with Gasteiger partial charge in [0.25, 0.3) is 6.79 Å². The minimum absolute atomic E-state index is 0.120. The predicted octanol–water partition coefficient (Wildman–Crippen LogP) is 11.5. The molecule has 6 aromatic carbocycles. The maximum Gasteiger partial charge on any atom is 0.498 e. The number of hydrogen-bond donors (Lipinski definition) is 2. The second-order valence-electron chi connectivity index (χ2n) is 14.1. The van der Waals surface area contributed by atoms with E-state index < -0.39 is 7.12 Å². The zero-order valence-corrected chi connectivity index (χ0v) is 33.4. The van der Waals surface area contributed by atoms with Gasteiger partial charge in [-0.2, -0.15) is 0 Å². The third kappa shape index (κ3) is 7.26. The molecule has 0 atom stereocenters. The number of ether oxygens (including phenoxy) is 1. The first-order chi connectivity index (χ1) is 25.6. The molecular formula is C44H37BBrCl2F2O4+. The summed E-state index contributed by atoms with van der Waals surface area (Å²) in [6.07, 6.45) is 0. The fraction of sp³-hybridized carbons (Fsp3) is 0.159. The first kappa shape index (κ1) is 39.4. The lowest BCUT2D eigenvalue weighted by Gasteiger charge is -2.22. The van der Waals surface area contributed by atoms with Crippen molar-refractivity contribution in [2.45, 2.75) is 38.5 Å². The van der Waals surface area contributed by atoms with Crippen LogP contribution in [0, 0.1) is 11.6 Å². The Bertz CT molecular complexity index is 2410. The number of carbonyl (C=O) groups excluding carboxylic acids is 1. The van der Waals surface area contributed by atoms with Crippen LogP contribution in [0.1, 0.15) is 49.9 Å². The van der Waals surface area contributed by atoms with Crippen molar-refractivity contribution in [1.29, 1.82) is 0 Å². The number of benzene rings is 6. The molecule has 2 aliphatic rings. The molecule has 274 valence electrons. The molecule has 10 heteroatoms. The van der Waals surface area contributed by atoms with Crippen molar-refractivity contribution in [3.8, 4) is 44.9 Å². The average molecular weight is 829 g/mol. The quantitative estimate of drug-likeness (QED) is 0.106. The van der Waals surface area contributed by atoms with Crippen LogP contribution in [-0.2, 0) is 15.3 Å². The monoisotopic (exact) mass is 827 g/mol. The molecular weight excluding hydrogens is 792 g/mol. The summed E-state index contributed by atoms with van der Waals surface area (Å²) in [4.78, 5) is 0. The van der Waals surface area contributed by atoms with Gasteiger partial charge in [-0.1, -0.05) is 99.4 Å². The van der Waals surface area contributed by atoms with Gasteiger partial charge >= 0.3 is 12.9 Å². The predicted molar refractivity (Wildman–Crippen MR) is 220 cm³/mol. The van der Waals surface area contributed by atoms with E-state index in [1.165, 1.54) is 46.5 Å². The Balaban J connectivity index is 0.000000153. The van der Waals surface area contributed by atoms with Crippen molar-refractivity contribution in [3.63, 3.8) is 0 Å². The van der Waals surface area contributed by atoms with E-state index in [-0.39, 0.29) is 22.5 Å². The smallest absolute Gasteiger partial charge is 0.496 e. The van der Waals surface area contributed by atoms with Gasteiger partial charge < -0.3 is 14.8 Å². The normalized spacial score (nSPS) is 13.6. The summed E-state index contributed by atoms with van der Waals surface area (Å²) in [6, 6.07) is 33.2. The standard InChI is InChI=1S/C22H18ClFO.C16H16BO3.C6H3BrClF/c1-22(2)18-7-5-4-6-14(18)15-11-17(21(25-3)12-19(15)22)16-10-13(23)8-9-20(16)24;1-16(2)12-7-5-4-6-10(12)11-8-14(17(18)19)15(20-3)9-13(11)16;7-5-3-4(8)1-2-6(5)9/h4-12H,1-3H3;4-9,18-19H,3H2,1-2H3;1-3H/q;+1;. The second-order valence-corrected chi connectivity index (χ2v) is 15.8. The summed E-state index contributed by atoms with van der Waals surface area (Å²) < 4.78 is 37.9. The molecule has 54 heavy (non-hydrogen) atoms. The van der Waals surface area contributed by atoms with Crippen LogP contribution in [0.15, 0.2) is 114 Å². The Morgan fingerprint density at radius 1 is 0.630 bits per heavy atom. The molecule has 0 saturated carbocycles. The summed E-state index contributed by atoms with van der Waals surface area (Å²) in [5, 5.41) is 20.0. The maximum absolute atomic E-state index is 14.5. The van der Waals surface area contributed by atoms with Crippen molar-refractivity contribution < 1.29 is 28.0 Å². The zero-order valence-electron chi connectivity index (χ0n) is 30.3. The lowest BCUT2D eigenvalue weighted by atomic mass is 9.76. The van der Waals surface area contributed by atoms with Crippen LogP contribution in [-0.4, -0.2) is 31.1 Å². The Morgan fingerprint density at radius 2 is 1.15 bits per heavy atom. The van der Waals surface area contributed by atoms with E-state index in [1.54, 1.807) is 25.3 Å². The van der Waals surface area contributed by atoms with Crippen LogP contribution < -0.4 is 10.2 Å². The molecule has 0 aromatic heterocycles. The van der Waals surface area contributed by atoms with Crippen molar-refractivity contribution in [2.24, 2.45) is 0 Å². The highest BCUT2D eigenvalue weighted by Gasteiger charge is 2.39. The van der Waals surface area contributed by atoms with Crippen LogP contribution in [0.25, 0.3) is 33.4 Å². The summed E-state index contributed by atoms with van der Waals surface area (Å²) in [7, 11) is 0.0379. The number of rotatable bonds is 4. The number of methoxy groups -OCH3 is 1. The zero-order chi connectivity index (χ0) is 39.1. The highest BCUT2D eigenvalue weighted by molar-refractivity contribution is 9.10. The van der Waals surface area contributed by atoms with E-state index in [0.717, 1.165) is 22.3 Å². The summed E-state index contributed by atoms with van der Waals surface area (Å²) in [5.74, 6) is 0.452. The van der Waals surface area contributed by atoms with Gasteiger partial charge in [-0.15, -0.1) is 0 Å². The maximum atomic E-state index is 14.5. The van der Waals surface area contributed by atoms with Crippen molar-refractivity contribution in [3.05, 3.63) is 158 Å². The van der Waals surface area contributed by atoms with Gasteiger partial charge in [0.1, 0.15) is 17.4 Å². The van der Waals surface area contributed by atoms with E-state index >= 15 is 0 Å². The third-order valence-electron chi connectivity index (χ3n) is 10.2. The van der Waals surface area contributed by atoms with Gasteiger partial charge in [0.2, 0.25) is 0 Å². The molecule has 0 fully saturated rings. The second kappa shape index (κ2) is 15.4. The van der Waals surface area contributed by atoms with Crippen LogP contribution in [0.2, 0.25) is 10.0 Å².